The Labute approximate surface area is 160 Å². The van der Waals surface area contributed by atoms with Crippen LogP contribution in [0.3, 0.4) is 0 Å². The zero-order valence-corrected chi connectivity index (χ0v) is 16.8. The molecule has 26 heavy (non-hydrogen) atoms. The topological polar surface area (TPSA) is 9.23 Å². The van der Waals surface area contributed by atoms with Gasteiger partial charge in [-0.2, -0.15) is 0 Å². The van der Waals surface area contributed by atoms with Gasteiger partial charge in [0.1, 0.15) is 0 Å². The molecule has 142 valence electrons. The minimum absolute atomic E-state index is 0.681. The first-order chi connectivity index (χ1) is 12.8. The summed E-state index contributed by atoms with van der Waals surface area (Å²) in [6.07, 6.45) is 10.3. The molecule has 0 heterocycles. The van der Waals surface area contributed by atoms with Gasteiger partial charge >= 0.3 is 0 Å². The molecule has 0 bridgehead atoms. The maximum atomic E-state index is 5.74. The predicted molar refractivity (Wildman–Crippen MR) is 113 cm³/mol. The summed E-state index contributed by atoms with van der Waals surface area (Å²) in [5.41, 5.74) is 4.24. The molecule has 2 rings (SSSR count). The molecule has 2 aromatic carbocycles. The molecular formula is C25H36O. The van der Waals surface area contributed by atoms with Crippen LogP contribution < -0.4 is 0 Å². The number of hydrogen-bond donors (Lipinski definition) is 0. The van der Waals surface area contributed by atoms with Crippen LogP contribution in [0.1, 0.15) is 81.4 Å². The first kappa shape index (κ1) is 20.7. The third-order valence-electron chi connectivity index (χ3n) is 5.28. The Morgan fingerprint density at radius 2 is 1.38 bits per heavy atom. The molecule has 0 spiro atoms. The summed E-state index contributed by atoms with van der Waals surface area (Å²) in [6.45, 7) is 6.20. The zero-order chi connectivity index (χ0) is 18.5. The molecule has 0 aliphatic rings. The van der Waals surface area contributed by atoms with Crippen molar-refractivity contribution in [1.82, 2.24) is 0 Å². The average molecular weight is 353 g/mol. The van der Waals surface area contributed by atoms with Crippen molar-refractivity contribution in [2.45, 2.75) is 77.7 Å². The van der Waals surface area contributed by atoms with Gasteiger partial charge in [-0.05, 0) is 48.3 Å². The lowest BCUT2D eigenvalue weighted by atomic mass is 9.96. The van der Waals surface area contributed by atoms with E-state index in [2.05, 4.69) is 62.4 Å². The summed E-state index contributed by atoms with van der Waals surface area (Å²) >= 11 is 0. The Morgan fingerprint density at radius 3 is 2.08 bits per heavy atom. The van der Waals surface area contributed by atoms with E-state index in [-0.39, 0.29) is 0 Å². The highest BCUT2D eigenvalue weighted by atomic mass is 16.5. The Kier molecular flexibility index (Phi) is 10.1. The number of aryl methyl sites for hydroxylation is 1. The van der Waals surface area contributed by atoms with Crippen LogP contribution in [0.5, 0.6) is 0 Å². The average Bonchev–Trinajstić information content (AvgIpc) is 2.70. The van der Waals surface area contributed by atoms with Gasteiger partial charge < -0.3 is 4.74 Å². The quantitative estimate of drug-likeness (QED) is 0.344. The fourth-order valence-electron chi connectivity index (χ4n) is 3.25. The van der Waals surface area contributed by atoms with E-state index in [0.29, 0.717) is 5.92 Å². The highest BCUT2D eigenvalue weighted by Gasteiger charge is 2.02. The van der Waals surface area contributed by atoms with Gasteiger partial charge in [-0.3, -0.25) is 0 Å². The fourth-order valence-corrected chi connectivity index (χ4v) is 3.25. The lowest BCUT2D eigenvalue weighted by Crippen LogP contribution is -1.95. The third-order valence-corrected chi connectivity index (χ3v) is 5.28. The number of rotatable bonds is 13. The van der Waals surface area contributed by atoms with E-state index in [1.807, 2.05) is 6.07 Å². The SMILES string of the molecule is CCC(C)c1ccc(CCCCCCCCOCc2ccccc2)cc1. The van der Waals surface area contributed by atoms with Gasteiger partial charge in [0.25, 0.3) is 0 Å². The fraction of sp³-hybridized carbons (Fsp3) is 0.520. The van der Waals surface area contributed by atoms with Crippen LogP contribution >= 0.6 is 0 Å². The number of ether oxygens (including phenoxy) is 1. The van der Waals surface area contributed by atoms with Crippen molar-refractivity contribution in [2.24, 2.45) is 0 Å². The van der Waals surface area contributed by atoms with E-state index in [9.17, 15) is 0 Å². The molecule has 0 fully saturated rings. The van der Waals surface area contributed by atoms with Crippen LogP contribution in [0.4, 0.5) is 0 Å². The van der Waals surface area contributed by atoms with E-state index in [1.165, 1.54) is 68.1 Å². The summed E-state index contributed by atoms with van der Waals surface area (Å²) in [6, 6.07) is 19.7. The second-order valence-electron chi connectivity index (χ2n) is 7.46. The predicted octanol–water partition coefficient (Wildman–Crippen LogP) is 7.30. The van der Waals surface area contributed by atoms with Crippen LogP contribution in [0.15, 0.2) is 54.6 Å². The molecule has 0 saturated carbocycles. The minimum Gasteiger partial charge on any atom is -0.377 e. The Balaban J connectivity index is 1.43. The van der Waals surface area contributed by atoms with Crippen molar-refractivity contribution >= 4 is 0 Å². The summed E-state index contributed by atoms with van der Waals surface area (Å²) in [5, 5.41) is 0. The molecule has 1 heteroatoms. The van der Waals surface area contributed by atoms with E-state index in [1.54, 1.807) is 0 Å². The summed E-state index contributed by atoms with van der Waals surface area (Å²) < 4.78 is 5.74. The molecular weight excluding hydrogens is 316 g/mol. The second-order valence-corrected chi connectivity index (χ2v) is 7.46. The van der Waals surface area contributed by atoms with Crippen molar-refractivity contribution < 1.29 is 4.74 Å². The molecule has 0 amide bonds. The van der Waals surface area contributed by atoms with Gasteiger partial charge in [0, 0.05) is 6.61 Å². The van der Waals surface area contributed by atoms with E-state index < -0.39 is 0 Å². The van der Waals surface area contributed by atoms with Crippen LogP contribution in [-0.2, 0) is 17.8 Å². The van der Waals surface area contributed by atoms with Crippen molar-refractivity contribution in [2.75, 3.05) is 6.61 Å². The Hall–Kier alpha value is -1.60. The lowest BCUT2D eigenvalue weighted by Gasteiger charge is -2.09. The largest absolute Gasteiger partial charge is 0.377 e. The Morgan fingerprint density at radius 1 is 0.731 bits per heavy atom. The van der Waals surface area contributed by atoms with Gasteiger partial charge in [-0.25, -0.2) is 0 Å². The first-order valence-corrected chi connectivity index (χ1v) is 10.5. The molecule has 0 saturated heterocycles. The van der Waals surface area contributed by atoms with Gasteiger partial charge in [-0.1, -0.05) is 94.1 Å². The van der Waals surface area contributed by atoms with Crippen LogP contribution in [0, 0.1) is 0 Å². The molecule has 0 aliphatic heterocycles. The molecule has 1 unspecified atom stereocenters. The van der Waals surface area contributed by atoms with Crippen molar-refractivity contribution in [3.8, 4) is 0 Å². The van der Waals surface area contributed by atoms with E-state index in [0.717, 1.165) is 13.2 Å². The first-order valence-electron chi connectivity index (χ1n) is 10.5. The molecule has 2 aromatic rings. The summed E-state index contributed by atoms with van der Waals surface area (Å²) in [4.78, 5) is 0. The number of unbranched alkanes of at least 4 members (excludes halogenated alkanes) is 5. The van der Waals surface area contributed by atoms with Crippen molar-refractivity contribution in [3.63, 3.8) is 0 Å². The van der Waals surface area contributed by atoms with Crippen molar-refractivity contribution in [1.29, 1.82) is 0 Å². The van der Waals surface area contributed by atoms with Crippen LogP contribution in [0.25, 0.3) is 0 Å². The van der Waals surface area contributed by atoms with Gasteiger partial charge in [0.15, 0.2) is 0 Å². The second kappa shape index (κ2) is 12.7. The van der Waals surface area contributed by atoms with E-state index in [4.69, 9.17) is 4.74 Å². The van der Waals surface area contributed by atoms with Crippen molar-refractivity contribution in [3.05, 3.63) is 71.3 Å². The molecule has 1 nitrogen and oxygen atoms in total. The normalized spacial score (nSPS) is 12.2. The van der Waals surface area contributed by atoms with Crippen LogP contribution in [0.2, 0.25) is 0 Å². The lowest BCUT2D eigenvalue weighted by molar-refractivity contribution is 0.116. The maximum absolute atomic E-state index is 5.74. The van der Waals surface area contributed by atoms with Gasteiger partial charge in [0.2, 0.25) is 0 Å². The van der Waals surface area contributed by atoms with E-state index >= 15 is 0 Å². The van der Waals surface area contributed by atoms with Gasteiger partial charge in [-0.15, -0.1) is 0 Å². The monoisotopic (exact) mass is 352 g/mol. The minimum atomic E-state index is 0.681. The molecule has 0 radical (unpaired) electrons. The summed E-state index contributed by atoms with van der Waals surface area (Å²) in [5.74, 6) is 0.681. The molecule has 0 N–H and O–H groups in total. The molecule has 0 aromatic heterocycles. The molecule has 0 aliphatic carbocycles. The smallest absolute Gasteiger partial charge is 0.0716 e. The Bertz CT molecular complexity index is 573. The maximum Gasteiger partial charge on any atom is 0.0716 e. The summed E-state index contributed by atoms with van der Waals surface area (Å²) in [7, 11) is 0. The van der Waals surface area contributed by atoms with Crippen LogP contribution in [-0.4, -0.2) is 6.61 Å². The van der Waals surface area contributed by atoms with Gasteiger partial charge in [0.05, 0.1) is 6.61 Å². The number of hydrogen-bond acceptors (Lipinski definition) is 1. The highest BCUT2D eigenvalue weighted by molar-refractivity contribution is 5.25. The third kappa shape index (κ3) is 8.19. The molecule has 1 atom stereocenters. The standard InChI is InChI=1S/C25H36O/c1-3-22(2)25-18-16-23(17-19-25)13-9-6-4-5-7-12-20-26-21-24-14-10-8-11-15-24/h8,10-11,14-19,22H,3-7,9,12-13,20-21H2,1-2H3. The highest BCUT2D eigenvalue weighted by Crippen LogP contribution is 2.19. The number of benzene rings is 2. The zero-order valence-electron chi connectivity index (χ0n) is 16.8.